The number of nitrogens with zero attached hydrogens (tertiary/aromatic N) is 1. The molecule has 0 aliphatic carbocycles. The number of thioether (sulfide) groups is 1. The minimum absolute atomic E-state index is 0.387. The van der Waals surface area contributed by atoms with Crippen LogP contribution in [-0.4, -0.2) is 53.6 Å². The number of urea groups is 1. The molecule has 0 aromatic carbocycles. The summed E-state index contributed by atoms with van der Waals surface area (Å²) in [6, 6.07) is -1.22. The number of aliphatic carboxylic acids is 1. The van der Waals surface area contributed by atoms with Crippen molar-refractivity contribution in [3.63, 3.8) is 0 Å². The summed E-state index contributed by atoms with van der Waals surface area (Å²) in [5.74, 6) is -0.308. The summed E-state index contributed by atoms with van der Waals surface area (Å²) in [5.41, 5.74) is 0.846. The van der Waals surface area contributed by atoms with Crippen molar-refractivity contribution >= 4 is 23.8 Å². The highest BCUT2D eigenvalue weighted by molar-refractivity contribution is 7.98. The van der Waals surface area contributed by atoms with Crippen LogP contribution in [0.1, 0.15) is 13.3 Å². The summed E-state index contributed by atoms with van der Waals surface area (Å²) in [6.45, 7) is 5.93. The molecule has 1 atom stereocenters. The maximum absolute atomic E-state index is 11.7. The van der Waals surface area contributed by atoms with Gasteiger partial charge in [-0.3, -0.25) is 0 Å². The minimum Gasteiger partial charge on any atom is -0.480 e. The lowest BCUT2D eigenvalue weighted by Gasteiger charge is -2.21. The number of carboxylic acids is 1. The van der Waals surface area contributed by atoms with Gasteiger partial charge in [0.25, 0.3) is 0 Å². The van der Waals surface area contributed by atoms with Crippen LogP contribution in [0.3, 0.4) is 0 Å². The zero-order valence-electron chi connectivity index (χ0n) is 10.5. The van der Waals surface area contributed by atoms with Crippen LogP contribution in [0.2, 0.25) is 0 Å². The second kappa shape index (κ2) is 8.00. The molecule has 0 spiro atoms. The van der Waals surface area contributed by atoms with Crippen molar-refractivity contribution < 1.29 is 14.7 Å². The highest BCUT2D eigenvalue weighted by Crippen LogP contribution is 2.02. The van der Waals surface area contributed by atoms with E-state index in [9.17, 15) is 9.59 Å². The molecule has 98 valence electrons. The molecule has 0 heterocycles. The molecule has 0 bridgehead atoms. The summed E-state index contributed by atoms with van der Waals surface area (Å²) in [5, 5.41) is 11.4. The van der Waals surface area contributed by atoms with Crippen LogP contribution in [0, 0.1) is 0 Å². The van der Waals surface area contributed by atoms with Gasteiger partial charge in [0.2, 0.25) is 0 Å². The average Bonchev–Trinajstić information content (AvgIpc) is 2.22. The van der Waals surface area contributed by atoms with Crippen LogP contribution in [0.5, 0.6) is 0 Å². The number of hydrogen-bond acceptors (Lipinski definition) is 3. The van der Waals surface area contributed by atoms with Crippen molar-refractivity contribution in [1.29, 1.82) is 0 Å². The smallest absolute Gasteiger partial charge is 0.326 e. The third-order valence-electron chi connectivity index (χ3n) is 2.06. The number of amides is 2. The van der Waals surface area contributed by atoms with Crippen molar-refractivity contribution in [2.24, 2.45) is 0 Å². The van der Waals surface area contributed by atoms with Crippen LogP contribution in [0.15, 0.2) is 12.2 Å². The number of hydrogen-bond donors (Lipinski definition) is 2. The summed E-state index contributed by atoms with van der Waals surface area (Å²) in [7, 11) is 1.61. The summed E-state index contributed by atoms with van der Waals surface area (Å²) in [6.07, 6.45) is 2.32. The molecule has 0 saturated heterocycles. The first kappa shape index (κ1) is 15.8. The molecule has 0 radical (unpaired) electrons. The van der Waals surface area contributed by atoms with Crippen molar-refractivity contribution in [2.75, 3.05) is 25.6 Å². The van der Waals surface area contributed by atoms with Gasteiger partial charge < -0.3 is 15.3 Å². The monoisotopic (exact) mass is 260 g/mol. The molecule has 17 heavy (non-hydrogen) atoms. The van der Waals surface area contributed by atoms with Gasteiger partial charge in [-0.05, 0) is 25.4 Å². The highest BCUT2D eigenvalue weighted by Gasteiger charge is 2.20. The van der Waals surface area contributed by atoms with Gasteiger partial charge in [0.15, 0.2) is 0 Å². The number of carbonyl (C=O) groups excluding carboxylic acids is 1. The van der Waals surface area contributed by atoms with Crippen LogP contribution in [0.4, 0.5) is 4.79 Å². The van der Waals surface area contributed by atoms with Crippen molar-refractivity contribution in [3.8, 4) is 0 Å². The Balaban J connectivity index is 4.29. The third-order valence-corrected chi connectivity index (χ3v) is 2.70. The van der Waals surface area contributed by atoms with Crippen molar-refractivity contribution in [2.45, 2.75) is 19.4 Å². The number of likely N-dealkylation sites (N-methyl/N-ethyl adjacent to an activating group) is 1. The molecule has 0 rings (SSSR count). The molecule has 6 heteroatoms. The summed E-state index contributed by atoms with van der Waals surface area (Å²) < 4.78 is 0. The molecular formula is C11H20N2O3S. The Morgan fingerprint density at radius 3 is 2.53 bits per heavy atom. The maximum atomic E-state index is 11.7. The Labute approximate surface area is 106 Å². The first-order valence-corrected chi connectivity index (χ1v) is 6.65. The van der Waals surface area contributed by atoms with E-state index in [-0.39, 0.29) is 6.03 Å². The number of carbonyl (C=O) groups is 2. The number of nitrogens with one attached hydrogen (secondary N) is 1. The number of carboxylic acid groups (broad SMARTS) is 1. The zero-order valence-corrected chi connectivity index (χ0v) is 11.3. The third kappa shape index (κ3) is 6.88. The lowest BCUT2D eigenvalue weighted by atomic mass is 10.2. The van der Waals surface area contributed by atoms with Crippen molar-refractivity contribution in [1.82, 2.24) is 10.2 Å². The predicted octanol–water partition coefficient (Wildman–Crippen LogP) is 1.41. The Morgan fingerprint density at radius 1 is 1.53 bits per heavy atom. The van der Waals surface area contributed by atoms with E-state index >= 15 is 0 Å². The molecule has 2 N–H and O–H groups in total. The molecule has 0 saturated carbocycles. The molecule has 0 aliphatic rings. The largest absolute Gasteiger partial charge is 0.480 e. The molecule has 5 nitrogen and oxygen atoms in total. The van der Waals surface area contributed by atoms with Gasteiger partial charge in [-0.1, -0.05) is 12.2 Å². The van der Waals surface area contributed by atoms with E-state index in [2.05, 4.69) is 11.9 Å². The standard InChI is InChI=1S/C11H20N2O3S/c1-8(2)7-13(3)11(16)12-9(10(14)15)5-6-17-4/h9H,1,5-7H2,2-4H3,(H,12,16)(H,14,15)/t9-/m1/s1. The van der Waals surface area contributed by atoms with E-state index in [1.807, 2.05) is 13.2 Å². The fourth-order valence-corrected chi connectivity index (χ4v) is 1.70. The summed E-state index contributed by atoms with van der Waals surface area (Å²) in [4.78, 5) is 24.0. The highest BCUT2D eigenvalue weighted by atomic mass is 32.2. The second-order valence-electron chi connectivity index (χ2n) is 3.93. The SMILES string of the molecule is C=C(C)CN(C)C(=O)N[C@H](CCSC)C(=O)O. The van der Waals surface area contributed by atoms with Gasteiger partial charge in [-0.25, -0.2) is 9.59 Å². The van der Waals surface area contributed by atoms with Crippen molar-refractivity contribution in [3.05, 3.63) is 12.2 Å². The predicted molar refractivity (Wildman–Crippen MR) is 70.4 cm³/mol. The van der Waals surface area contributed by atoms with Crippen LogP contribution in [-0.2, 0) is 4.79 Å². The van der Waals surface area contributed by atoms with E-state index in [0.29, 0.717) is 18.7 Å². The van der Waals surface area contributed by atoms with E-state index in [1.165, 1.54) is 4.90 Å². The molecule has 0 unspecified atom stereocenters. The molecular weight excluding hydrogens is 240 g/mol. The Kier molecular flexibility index (Phi) is 7.45. The van der Waals surface area contributed by atoms with E-state index in [1.54, 1.807) is 18.8 Å². The fraction of sp³-hybridized carbons (Fsp3) is 0.636. The normalized spacial score (nSPS) is 11.7. The maximum Gasteiger partial charge on any atom is 0.326 e. The second-order valence-corrected chi connectivity index (χ2v) is 4.92. The molecule has 2 amide bonds. The minimum atomic E-state index is -1.00. The molecule has 0 aromatic rings. The van der Waals surface area contributed by atoms with E-state index in [0.717, 1.165) is 5.57 Å². The quantitative estimate of drug-likeness (QED) is 0.679. The molecule has 0 aliphatic heterocycles. The van der Waals surface area contributed by atoms with Crippen LogP contribution >= 0.6 is 11.8 Å². The van der Waals surface area contributed by atoms with Gasteiger partial charge in [-0.15, -0.1) is 0 Å². The molecule has 0 aromatic heterocycles. The average molecular weight is 260 g/mol. The lowest BCUT2D eigenvalue weighted by molar-refractivity contribution is -0.139. The van der Waals surface area contributed by atoms with Gasteiger partial charge >= 0.3 is 12.0 Å². The first-order chi connectivity index (χ1) is 7.88. The Hall–Kier alpha value is -1.17. The Bertz CT molecular complexity index is 294. The van der Waals surface area contributed by atoms with E-state index in [4.69, 9.17) is 5.11 Å². The fourth-order valence-electron chi connectivity index (χ4n) is 1.23. The topological polar surface area (TPSA) is 69.6 Å². The zero-order chi connectivity index (χ0) is 13.4. The van der Waals surface area contributed by atoms with E-state index < -0.39 is 12.0 Å². The first-order valence-electron chi connectivity index (χ1n) is 5.26. The Morgan fingerprint density at radius 2 is 2.12 bits per heavy atom. The number of rotatable bonds is 7. The lowest BCUT2D eigenvalue weighted by Crippen LogP contribution is -2.47. The van der Waals surface area contributed by atoms with Crippen LogP contribution < -0.4 is 5.32 Å². The van der Waals surface area contributed by atoms with Gasteiger partial charge in [0.1, 0.15) is 6.04 Å². The molecule has 0 fully saturated rings. The van der Waals surface area contributed by atoms with Crippen LogP contribution in [0.25, 0.3) is 0 Å². The van der Waals surface area contributed by atoms with Gasteiger partial charge in [0, 0.05) is 13.6 Å². The van der Waals surface area contributed by atoms with Gasteiger partial charge in [-0.2, -0.15) is 11.8 Å². The van der Waals surface area contributed by atoms with Gasteiger partial charge in [0.05, 0.1) is 0 Å². The summed E-state index contributed by atoms with van der Waals surface area (Å²) >= 11 is 1.55.